The highest BCUT2D eigenvalue weighted by molar-refractivity contribution is 6.22. The molecule has 13 aromatic carbocycles. The van der Waals surface area contributed by atoms with Gasteiger partial charge < -0.3 is 9.47 Å². The Morgan fingerprint density at radius 3 is 1.30 bits per heavy atom. The summed E-state index contributed by atoms with van der Waals surface area (Å²) in [5.74, 6) is 0. The molecule has 0 atom stereocenters. The topological polar surface area (TPSA) is 8.17 Å². The molecule has 14 aromatic rings. The lowest BCUT2D eigenvalue weighted by atomic mass is 9.89. The van der Waals surface area contributed by atoms with Crippen LogP contribution in [-0.2, 0) is 0 Å². The van der Waals surface area contributed by atoms with Crippen molar-refractivity contribution in [1.29, 1.82) is 0 Å². The fraction of sp³-hybridized carbons (Fsp3) is 0. The van der Waals surface area contributed by atoms with E-state index in [1.807, 2.05) is 0 Å². The van der Waals surface area contributed by atoms with Crippen LogP contribution in [0.5, 0.6) is 0 Å². The molecule has 0 amide bonds. The molecule has 0 unspecified atom stereocenters. The van der Waals surface area contributed by atoms with E-state index in [4.69, 9.17) is 0 Å². The second kappa shape index (κ2) is 18.1. The van der Waals surface area contributed by atoms with Crippen molar-refractivity contribution in [2.24, 2.45) is 0 Å². The fourth-order valence-electron chi connectivity index (χ4n) is 11.6. The van der Waals surface area contributed by atoms with Gasteiger partial charge in [-0.15, -0.1) is 0 Å². The van der Waals surface area contributed by atoms with Crippen LogP contribution in [-0.4, -0.2) is 4.57 Å². The third-order valence-electron chi connectivity index (χ3n) is 15.0. The zero-order valence-corrected chi connectivity index (χ0v) is 40.6. The number of rotatable bonds is 9. The molecule has 0 aliphatic heterocycles. The van der Waals surface area contributed by atoms with E-state index < -0.39 is 0 Å². The molecular weight excluding hydrogens is 893 g/mol. The third-order valence-corrected chi connectivity index (χ3v) is 15.0. The highest BCUT2D eigenvalue weighted by atomic mass is 15.1. The second-order valence-electron chi connectivity index (χ2n) is 19.2. The molecule has 1 aromatic heterocycles. The van der Waals surface area contributed by atoms with E-state index in [9.17, 15) is 0 Å². The first kappa shape index (κ1) is 43.1. The number of benzene rings is 13. The van der Waals surface area contributed by atoms with Crippen molar-refractivity contribution in [3.05, 3.63) is 291 Å². The summed E-state index contributed by atoms with van der Waals surface area (Å²) in [4.78, 5) is 2.50. The van der Waals surface area contributed by atoms with Crippen molar-refractivity contribution in [2.75, 3.05) is 4.90 Å². The molecule has 0 fully saturated rings. The van der Waals surface area contributed by atoms with Crippen molar-refractivity contribution < 1.29 is 0 Å². The van der Waals surface area contributed by atoms with Crippen LogP contribution < -0.4 is 4.90 Å². The van der Waals surface area contributed by atoms with E-state index in [2.05, 4.69) is 301 Å². The molecule has 346 valence electrons. The van der Waals surface area contributed by atoms with Gasteiger partial charge in [0.1, 0.15) is 0 Å². The monoisotopic (exact) mass is 940 g/mol. The van der Waals surface area contributed by atoms with E-state index in [0.717, 1.165) is 33.9 Å². The van der Waals surface area contributed by atoms with Gasteiger partial charge in [0, 0.05) is 38.8 Å². The zero-order chi connectivity index (χ0) is 49.0. The predicted molar refractivity (Wildman–Crippen MR) is 315 cm³/mol. The average molecular weight is 941 g/mol. The van der Waals surface area contributed by atoms with Crippen LogP contribution in [0.1, 0.15) is 0 Å². The molecule has 1 heterocycles. The van der Waals surface area contributed by atoms with E-state index in [1.165, 1.54) is 98.6 Å². The van der Waals surface area contributed by atoms with Gasteiger partial charge in [-0.1, -0.05) is 243 Å². The van der Waals surface area contributed by atoms with Crippen molar-refractivity contribution in [3.63, 3.8) is 0 Å². The maximum absolute atomic E-state index is 2.50. The van der Waals surface area contributed by atoms with Gasteiger partial charge in [0.25, 0.3) is 0 Å². The van der Waals surface area contributed by atoms with E-state index in [1.54, 1.807) is 0 Å². The summed E-state index contributed by atoms with van der Waals surface area (Å²) in [5, 5.41) is 9.88. The highest BCUT2D eigenvalue weighted by Crippen LogP contribution is 2.50. The minimum atomic E-state index is 1.08. The van der Waals surface area contributed by atoms with Crippen LogP contribution in [0, 0.1) is 0 Å². The summed E-state index contributed by atoms with van der Waals surface area (Å²) in [7, 11) is 0. The van der Waals surface area contributed by atoms with Gasteiger partial charge in [-0.3, -0.25) is 0 Å². The maximum Gasteiger partial charge on any atom is 0.0624 e. The largest absolute Gasteiger partial charge is 0.309 e. The van der Waals surface area contributed by atoms with Crippen molar-refractivity contribution in [3.8, 4) is 61.3 Å². The number of anilines is 3. The molecule has 74 heavy (non-hydrogen) atoms. The smallest absolute Gasteiger partial charge is 0.0624 e. The summed E-state index contributed by atoms with van der Waals surface area (Å²) in [5.41, 5.74) is 18.7. The molecular formula is C72H48N2. The first-order valence-corrected chi connectivity index (χ1v) is 25.5. The first-order chi connectivity index (χ1) is 36.7. The number of fused-ring (bicyclic) bond motifs is 7. The molecule has 0 aliphatic rings. The molecule has 2 heteroatoms. The quantitative estimate of drug-likeness (QED) is 0.131. The Morgan fingerprint density at radius 2 is 0.689 bits per heavy atom. The van der Waals surface area contributed by atoms with E-state index in [-0.39, 0.29) is 0 Å². The van der Waals surface area contributed by atoms with Gasteiger partial charge in [-0.2, -0.15) is 0 Å². The SMILES string of the molecule is c1ccc(-c2c(N(c3ccc(-c4cccc5cccc(-c6ccccc6)c45)cc3)c3cccc(-c4ccc(-c5ccc(-n6c7ccccc7c7ccccc76)cc5)cc4)c3)c3ccccc3c3ccccc23)cc1. The maximum atomic E-state index is 2.50. The van der Waals surface area contributed by atoms with Gasteiger partial charge in [0.2, 0.25) is 0 Å². The molecule has 0 spiro atoms. The lowest BCUT2D eigenvalue weighted by Crippen LogP contribution is -2.12. The highest BCUT2D eigenvalue weighted by Gasteiger charge is 2.24. The molecule has 0 bridgehead atoms. The zero-order valence-electron chi connectivity index (χ0n) is 40.6. The normalized spacial score (nSPS) is 11.5. The lowest BCUT2D eigenvalue weighted by molar-refractivity contribution is 1.18. The number of nitrogens with zero attached hydrogens (tertiary/aromatic N) is 2. The average Bonchev–Trinajstić information content (AvgIpc) is 3.84. The second-order valence-corrected chi connectivity index (χ2v) is 19.2. The summed E-state index contributed by atoms with van der Waals surface area (Å²) >= 11 is 0. The van der Waals surface area contributed by atoms with Crippen LogP contribution in [0.4, 0.5) is 17.1 Å². The molecule has 0 saturated heterocycles. The van der Waals surface area contributed by atoms with Crippen molar-refractivity contribution in [2.45, 2.75) is 0 Å². The minimum Gasteiger partial charge on any atom is -0.309 e. The van der Waals surface area contributed by atoms with E-state index >= 15 is 0 Å². The van der Waals surface area contributed by atoms with Gasteiger partial charge in [0.15, 0.2) is 0 Å². The Labute approximate surface area is 430 Å². The van der Waals surface area contributed by atoms with Crippen LogP contribution in [0.3, 0.4) is 0 Å². The number of hydrogen-bond donors (Lipinski definition) is 0. The molecule has 0 N–H and O–H groups in total. The van der Waals surface area contributed by atoms with Gasteiger partial charge in [-0.25, -0.2) is 0 Å². The predicted octanol–water partition coefficient (Wildman–Crippen LogP) is 20.0. The Kier molecular flexibility index (Phi) is 10.6. The molecule has 0 saturated carbocycles. The number of aromatic nitrogens is 1. The Morgan fingerprint density at radius 1 is 0.257 bits per heavy atom. The summed E-state index contributed by atoms with van der Waals surface area (Å²) in [6.07, 6.45) is 0. The summed E-state index contributed by atoms with van der Waals surface area (Å²) < 4.78 is 2.37. The van der Waals surface area contributed by atoms with E-state index in [0.29, 0.717) is 0 Å². The Bertz CT molecular complexity index is 4320. The summed E-state index contributed by atoms with van der Waals surface area (Å²) in [6.45, 7) is 0. The molecule has 2 nitrogen and oxygen atoms in total. The van der Waals surface area contributed by atoms with Crippen molar-refractivity contribution in [1.82, 2.24) is 4.57 Å². The summed E-state index contributed by atoms with van der Waals surface area (Å²) in [6, 6.07) is 107. The van der Waals surface area contributed by atoms with Crippen molar-refractivity contribution >= 4 is 71.2 Å². The standard InChI is InChI=1S/C72H48N2/c1-3-18-52(19-4-1)60-32-16-22-54-23-17-33-61(70(54)60)53-42-46-57(47-43-53)73(72-67-31-10-8-27-63(67)62-26-7-9-30-66(62)71(72)55-20-5-2-6-21-55)59-25-15-24-56(48-59)51-38-36-49(37-39-51)50-40-44-58(45-41-50)74-68-34-13-11-28-64(68)65-29-12-14-35-69(65)74/h1-48H. The van der Waals surface area contributed by atoms with Gasteiger partial charge >= 0.3 is 0 Å². The Hall–Kier alpha value is -9.76. The van der Waals surface area contributed by atoms with Crippen LogP contribution in [0.25, 0.3) is 115 Å². The molecule has 0 radical (unpaired) electrons. The lowest BCUT2D eigenvalue weighted by Gasteiger charge is -2.31. The molecule has 0 aliphatic carbocycles. The van der Waals surface area contributed by atoms with Crippen LogP contribution >= 0.6 is 0 Å². The third kappa shape index (κ3) is 7.35. The number of hydrogen-bond acceptors (Lipinski definition) is 1. The first-order valence-electron chi connectivity index (χ1n) is 25.5. The van der Waals surface area contributed by atoms with Crippen LogP contribution in [0.2, 0.25) is 0 Å². The minimum absolute atomic E-state index is 1.08. The van der Waals surface area contributed by atoms with Gasteiger partial charge in [-0.05, 0) is 126 Å². The van der Waals surface area contributed by atoms with Crippen LogP contribution in [0.15, 0.2) is 291 Å². The fourth-order valence-corrected chi connectivity index (χ4v) is 11.6. The van der Waals surface area contributed by atoms with Gasteiger partial charge in [0.05, 0.1) is 16.7 Å². The Balaban J connectivity index is 0.895. The molecule has 14 rings (SSSR count). The number of para-hydroxylation sites is 2.